The SMILES string of the molecule is CCCOCCCNCc1cccc(CCNCC(O)(O)c2ccc(O)c3[nH]c(=O)sc23)c1. The molecule has 0 aliphatic heterocycles. The molecule has 0 saturated carbocycles. The Morgan fingerprint density at radius 3 is 2.73 bits per heavy atom. The lowest BCUT2D eigenvalue weighted by atomic mass is 10.0. The monoisotopic (exact) mass is 475 g/mol. The molecule has 0 spiro atoms. The van der Waals surface area contributed by atoms with E-state index in [0.29, 0.717) is 11.2 Å². The predicted octanol–water partition coefficient (Wildman–Crippen LogP) is 2.17. The van der Waals surface area contributed by atoms with Gasteiger partial charge in [0, 0.05) is 25.3 Å². The molecule has 8 nitrogen and oxygen atoms in total. The summed E-state index contributed by atoms with van der Waals surface area (Å²) in [5.41, 5.74) is 2.76. The minimum Gasteiger partial charge on any atom is -0.506 e. The molecule has 0 aliphatic rings. The molecule has 0 aliphatic carbocycles. The fourth-order valence-electron chi connectivity index (χ4n) is 3.60. The molecule has 0 unspecified atom stereocenters. The van der Waals surface area contributed by atoms with E-state index in [9.17, 15) is 20.1 Å². The van der Waals surface area contributed by atoms with Gasteiger partial charge in [-0.1, -0.05) is 42.5 Å². The second-order valence-electron chi connectivity index (χ2n) is 8.06. The van der Waals surface area contributed by atoms with E-state index in [4.69, 9.17) is 4.74 Å². The highest BCUT2D eigenvalue weighted by atomic mass is 32.1. The molecule has 3 rings (SSSR count). The van der Waals surface area contributed by atoms with Crippen LogP contribution < -0.4 is 15.5 Å². The number of thiazole rings is 1. The van der Waals surface area contributed by atoms with E-state index in [1.54, 1.807) is 0 Å². The van der Waals surface area contributed by atoms with E-state index in [2.05, 4.69) is 40.7 Å². The third-order valence-electron chi connectivity index (χ3n) is 5.26. The van der Waals surface area contributed by atoms with Crippen LogP contribution in [0.1, 0.15) is 36.5 Å². The molecule has 0 bridgehead atoms. The number of phenols is 1. The summed E-state index contributed by atoms with van der Waals surface area (Å²) >= 11 is 0.838. The van der Waals surface area contributed by atoms with Crippen LogP contribution in [0.5, 0.6) is 5.75 Å². The Kier molecular flexibility index (Phi) is 9.42. The summed E-state index contributed by atoms with van der Waals surface area (Å²) in [5, 5.41) is 37.6. The van der Waals surface area contributed by atoms with Gasteiger partial charge in [-0.2, -0.15) is 0 Å². The number of fused-ring (bicyclic) bond motifs is 1. The van der Waals surface area contributed by atoms with Crippen molar-refractivity contribution in [1.82, 2.24) is 15.6 Å². The molecule has 0 amide bonds. The Labute approximate surface area is 197 Å². The lowest BCUT2D eigenvalue weighted by Gasteiger charge is -2.23. The number of hydrogen-bond donors (Lipinski definition) is 6. The number of rotatable bonds is 14. The van der Waals surface area contributed by atoms with E-state index in [1.165, 1.54) is 17.7 Å². The average molecular weight is 476 g/mol. The quantitative estimate of drug-likeness (QED) is 0.156. The fourth-order valence-corrected chi connectivity index (χ4v) is 4.54. The zero-order chi connectivity index (χ0) is 23.7. The standard InChI is InChI=1S/C24H33N3O5S/c1-2-12-32-13-4-10-25-15-18-6-3-5-17(14-18)9-11-26-16-24(30,31)19-7-8-20(28)21-22(19)33-23(29)27-21/h3,5-8,14,25-26,28,30-31H,2,4,9-13,15-16H2,1H3,(H,27,29). The summed E-state index contributed by atoms with van der Waals surface area (Å²) in [6.07, 6.45) is 2.76. The normalized spacial score (nSPS) is 12.0. The fraction of sp³-hybridized carbons (Fsp3) is 0.458. The molecule has 0 saturated heterocycles. The van der Waals surface area contributed by atoms with Gasteiger partial charge in [0.05, 0.1) is 11.2 Å². The van der Waals surface area contributed by atoms with Gasteiger partial charge in [-0.3, -0.25) is 4.79 Å². The van der Waals surface area contributed by atoms with Crippen molar-refractivity contribution in [1.29, 1.82) is 0 Å². The molecule has 0 radical (unpaired) electrons. The van der Waals surface area contributed by atoms with E-state index < -0.39 is 5.79 Å². The minimum absolute atomic E-state index is 0.102. The number of benzene rings is 2. The third-order valence-corrected chi connectivity index (χ3v) is 6.18. The summed E-state index contributed by atoms with van der Waals surface area (Å²) in [6, 6.07) is 11.1. The summed E-state index contributed by atoms with van der Waals surface area (Å²) < 4.78 is 5.82. The molecular weight excluding hydrogens is 442 g/mol. The van der Waals surface area contributed by atoms with Gasteiger partial charge in [0.1, 0.15) is 11.3 Å². The first-order valence-electron chi connectivity index (χ1n) is 11.3. The molecule has 6 N–H and O–H groups in total. The van der Waals surface area contributed by atoms with Gasteiger partial charge in [0.2, 0.25) is 5.79 Å². The molecule has 0 atom stereocenters. The van der Waals surface area contributed by atoms with E-state index >= 15 is 0 Å². The number of aliphatic hydroxyl groups is 2. The van der Waals surface area contributed by atoms with Crippen molar-refractivity contribution >= 4 is 21.6 Å². The van der Waals surface area contributed by atoms with Crippen LogP contribution in [-0.4, -0.2) is 53.2 Å². The minimum atomic E-state index is -2.18. The Bertz CT molecular complexity index is 1080. The zero-order valence-electron chi connectivity index (χ0n) is 18.9. The van der Waals surface area contributed by atoms with Crippen LogP contribution in [0, 0.1) is 0 Å². The lowest BCUT2D eigenvalue weighted by Crippen LogP contribution is -2.38. The van der Waals surface area contributed by atoms with E-state index in [1.807, 2.05) is 6.07 Å². The van der Waals surface area contributed by atoms with Crippen molar-refractivity contribution in [3.63, 3.8) is 0 Å². The number of phenolic OH excluding ortho intramolecular Hbond substituents is 1. The Hall–Kier alpha value is -2.27. The maximum atomic E-state index is 11.7. The van der Waals surface area contributed by atoms with Crippen LogP contribution in [0.4, 0.5) is 0 Å². The van der Waals surface area contributed by atoms with Crippen molar-refractivity contribution in [3.8, 4) is 5.75 Å². The topological polar surface area (TPSA) is 127 Å². The smallest absolute Gasteiger partial charge is 0.305 e. The van der Waals surface area contributed by atoms with Gasteiger partial charge < -0.3 is 35.7 Å². The number of H-pyrrole nitrogens is 1. The van der Waals surface area contributed by atoms with Crippen LogP contribution in [0.25, 0.3) is 10.2 Å². The molecule has 3 aromatic rings. The van der Waals surface area contributed by atoms with Crippen LogP contribution in [-0.2, 0) is 23.5 Å². The number of nitrogens with one attached hydrogen (secondary N) is 3. The van der Waals surface area contributed by atoms with Crippen molar-refractivity contribution in [2.45, 2.75) is 38.5 Å². The average Bonchev–Trinajstić information content (AvgIpc) is 3.18. The second kappa shape index (κ2) is 12.3. The van der Waals surface area contributed by atoms with Crippen molar-refractivity contribution in [3.05, 3.63) is 62.8 Å². The number of aromatic nitrogens is 1. The summed E-state index contributed by atoms with van der Waals surface area (Å²) in [4.78, 5) is 13.8. The molecule has 0 fully saturated rings. The Balaban J connectivity index is 1.46. The molecule has 9 heteroatoms. The van der Waals surface area contributed by atoms with Crippen LogP contribution >= 0.6 is 11.3 Å². The largest absolute Gasteiger partial charge is 0.506 e. The molecule has 33 heavy (non-hydrogen) atoms. The van der Waals surface area contributed by atoms with Gasteiger partial charge in [0.25, 0.3) is 0 Å². The first-order chi connectivity index (χ1) is 15.9. The molecular formula is C24H33N3O5S. The van der Waals surface area contributed by atoms with Gasteiger partial charge in [-0.05, 0) is 55.6 Å². The molecule has 1 aromatic heterocycles. The molecule has 2 aromatic carbocycles. The second-order valence-corrected chi connectivity index (χ2v) is 9.04. The van der Waals surface area contributed by atoms with E-state index in [0.717, 1.165) is 62.5 Å². The van der Waals surface area contributed by atoms with Crippen LogP contribution in [0.3, 0.4) is 0 Å². The first kappa shape index (κ1) is 25.4. The highest BCUT2D eigenvalue weighted by Gasteiger charge is 2.29. The zero-order valence-corrected chi connectivity index (χ0v) is 19.7. The summed E-state index contributed by atoms with van der Waals surface area (Å²) in [7, 11) is 0. The Morgan fingerprint density at radius 2 is 1.91 bits per heavy atom. The Morgan fingerprint density at radius 1 is 1.09 bits per heavy atom. The van der Waals surface area contributed by atoms with Crippen molar-refractivity contribution in [2.75, 3.05) is 32.8 Å². The highest BCUT2D eigenvalue weighted by molar-refractivity contribution is 7.16. The van der Waals surface area contributed by atoms with E-state index in [-0.39, 0.29) is 28.2 Å². The summed E-state index contributed by atoms with van der Waals surface area (Å²) in [6.45, 7) is 5.84. The number of hydrogen-bond acceptors (Lipinski definition) is 8. The van der Waals surface area contributed by atoms with Crippen molar-refractivity contribution in [2.24, 2.45) is 0 Å². The lowest BCUT2D eigenvalue weighted by molar-refractivity contribution is -0.164. The van der Waals surface area contributed by atoms with Crippen molar-refractivity contribution < 1.29 is 20.1 Å². The molecule has 180 valence electrons. The summed E-state index contributed by atoms with van der Waals surface area (Å²) in [5.74, 6) is -2.28. The first-order valence-corrected chi connectivity index (χ1v) is 12.1. The van der Waals surface area contributed by atoms with Gasteiger partial charge >= 0.3 is 4.87 Å². The molecule has 1 heterocycles. The maximum Gasteiger partial charge on any atom is 0.305 e. The highest BCUT2D eigenvalue weighted by Crippen LogP contribution is 2.32. The van der Waals surface area contributed by atoms with Gasteiger partial charge in [-0.15, -0.1) is 0 Å². The number of aromatic hydroxyl groups is 1. The third kappa shape index (κ3) is 7.36. The van der Waals surface area contributed by atoms with Gasteiger partial charge in [0.15, 0.2) is 0 Å². The van der Waals surface area contributed by atoms with Gasteiger partial charge in [-0.25, -0.2) is 0 Å². The maximum absolute atomic E-state index is 11.7. The predicted molar refractivity (Wildman–Crippen MR) is 131 cm³/mol. The van der Waals surface area contributed by atoms with Crippen LogP contribution in [0.2, 0.25) is 0 Å². The number of aromatic amines is 1. The number of ether oxygens (including phenoxy) is 1. The van der Waals surface area contributed by atoms with Crippen LogP contribution in [0.15, 0.2) is 41.2 Å².